The van der Waals surface area contributed by atoms with Crippen LogP contribution >= 0.6 is 0 Å². The van der Waals surface area contributed by atoms with E-state index in [4.69, 9.17) is 9.47 Å². The topological polar surface area (TPSA) is 55.8 Å². The number of fused-ring (bicyclic) bond motifs is 2. The number of piperidine rings is 1. The van der Waals surface area contributed by atoms with Crippen LogP contribution in [0.1, 0.15) is 32.1 Å². The van der Waals surface area contributed by atoms with E-state index in [0.29, 0.717) is 18.0 Å². The summed E-state index contributed by atoms with van der Waals surface area (Å²) in [5.41, 5.74) is 0.598. The van der Waals surface area contributed by atoms with Gasteiger partial charge in [0.1, 0.15) is 12.0 Å². The number of carbonyl (C=O) groups excluding carboxylic acids is 2. The zero-order chi connectivity index (χ0) is 15.7. The van der Waals surface area contributed by atoms with Crippen LogP contribution < -0.4 is 0 Å². The zero-order valence-corrected chi connectivity index (χ0v) is 13.2. The number of rotatable bonds is 3. The van der Waals surface area contributed by atoms with E-state index in [1.807, 2.05) is 25.3 Å². The summed E-state index contributed by atoms with van der Waals surface area (Å²) in [6.07, 6.45) is 9.83. The Balaban J connectivity index is 1.76. The van der Waals surface area contributed by atoms with Crippen LogP contribution in [0.5, 0.6) is 0 Å². The van der Waals surface area contributed by atoms with Crippen LogP contribution in [-0.2, 0) is 19.1 Å². The molecule has 2 heterocycles. The first kappa shape index (κ1) is 15.3. The maximum Gasteiger partial charge on any atom is 0.338 e. The molecular formula is C17H23NO4. The van der Waals surface area contributed by atoms with Gasteiger partial charge in [0, 0.05) is 18.5 Å². The first-order chi connectivity index (χ1) is 10.6. The lowest BCUT2D eigenvalue weighted by atomic mass is 9.87. The third-order valence-electron chi connectivity index (χ3n) is 5.18. The molecule has 120 valence electrons. The minimum atomic E-state index is -0.384. The molecule has 0 aromatic heterocycles. The highest BCUT2D eigenvalue weighted by atomic mass is 16.6. The summed E-state index contributed by atoms with van der Waals surface area (Å²) >= 11 is 0. The van der Waals surface area contributed by atoms with Crippen LogP contribution in [0.3, 0.4) is 0 Å². The summed E-state index contributed by atoms with van der Waals surface area (Å²) < 4.78 is 10.7. The third-order valence-corrected chi connectivity index (χ3v) is 5.18. The fourth-order valence-electron chi connectivity index (χ4n) is 3.96. The van der Waals surface area contributed by atoms with Gasteiger partial charge in [0.2, 0.25) is 0 Å². The third kappa shape index (κ3) is 2.70. The van der Waals surface area contributed by atoms with Crippen LogP contribution in [0.2, 0.25) is 0 Å². The molecule has 3 aliphatic rings. The van der Waals surface area contributed by atoms with Gasteiger partial charge in [-0.25, -0.2) is 4.79 Å². The van der Waals surface area contributed by atoms with Crippen molar-refractivity contribution in [2.75, 3.05) is 14.2 Å². The smallest absolute Gasteiger partial charge is 0.338 e. The number of hydrogen-bond acceptors (Lipinski definition) is 5. The molecule has 0 aromatic carbocycles. The van der Waals surface area contributed by atoms with Gasteiger partial charge in [0.15, 0.2) is 0 Å². The van der Waals surface area contributed by atoms with E-state index in [1.54, 1.807) is 0 Å². The molecule has 0 radical (unpaired) electrons. The van der Waals surface area contributed by atoms with E-state index >= 15 is 0 Å². The van der Waals surface area contributed by atoms with Crippen LogP contribution in [0.15, 0.2) is 23.8 Å². The molecular weight excluding hydrogens is 282 g/mol. The fraction of sp³-hybridized carbons (Fsp3) is 0.647. The summed E-state index contributed by atoms with van der Waals surface area (Å²) in [4.78, 5) is 26.8. The van der Waals surface area contributed by atoms with E-state index in [0.717, 1.165) is 25.7 Å². The summed E-state index contributed by atoms with van der Waals surface area (Å²) in [6, 6.07) is 0.500. The molecule has 4 unspecified atom stereocenters. The number of ether oxygens (including phenoxy) is 2. The van der Waals surface area contributed by atoms with Gasteiger partial charge >= 0.3 is 11.9 Å². The second-order valence-corrected chi connectivity index (χ2v) is 6.33. The molecule has 3 rings (SSSR count). The molecule has 5 heteroatoms. The van der Waals surface area contributed by atoms with E-state index in [9.17, 15) is 9.59 Å². The second kappa shape index (κ2) is 6.24. The molecule has 2 fully saturated rings. The summed E-state index contributed by atoms with van der Waals surface area (Å²) in [5, 5.41) is 0. The van der Waals surface area contributed by atoms with Gasteiger partial charge in [-0.1, -0.05) is 18.2 Å². The van der Waals surface area contributed by atoms with E-state index in [1.165, 1.54) is 7.11 Å². The first-order valence-corrected chi connectivity index (χ1v) is 7.99. The number of hydrogen-bond donors (Lipinski definition) is 0. The average molecular weight is 305 g/mol. The van der Waals surface area contributed by atoms with Gasteiger partial charge in [-0.2, -0.15) is 0 Å². The van der Waals surface area contributed by atoms with Gasteiger partial charge in [-0.05, 0) is 32.7 Å². The predicted octanol–water partition coefficient (Wildman–Crippen LogP) is 1.83. The van der Waals surface area contributed by atoms with Crippen LogP contribution in [-0.4, -0.2) is 49.2 Å². The Morgan fingerprint density at radius 2 is 2.09 bits per heavy atom. The lowest BCUT2D eigenvalue weighted by Crippen LogP contribution is -2.53. The molecule has 4 atom stereocenters. The number of esters is 2. The van der Waals surface area contributed by atoms with Crippen molar-refractivity contribution in [3.05, 3.63) is 23.8 Å². The quantitative estimate of drug-likeness (QED) is 0.745. The van der Waals surface area contributed by atoms with Crippen molar-refractivity contribution in [3.63, 3.8) is 0 Å². The molecule has 0 aromatic rings. The van der Waals surface area contributed by atoms with Gasteiger partial charge < -0.3 is 9.47 Å². The van der Waals surface area contributed by atoms with Crippen LogP contribution in [0.25, 0.3) is 0 Å². The SMILES string of the molecule is COC(=O)C1C(OC(=O)C2=CCCC=C2)CC2CCC1N2C. The van der Waals surface area contributed by atoms with Crippen molar-refractivity contribution in [3.8, 4) is 0 Å². The molecule has 2 aliphatic heterocycles. The standard InChI is InChI=1S/C17H23NO4/c1-18-12-8-9-13(18)15(17(20)21-2)14(10-12)22-16(19)11-6-4-3-5-7-11/h4,6-7,12-15H,3,5,8-10H2,1-2H3. The van der Waals surface area contributed by atoms with Crippen molar-refractivity contribution >= 4 is 11.9 Å². The van der Waals surface area contributed by atoms with Crippen molar-refractivity contribution < 1.29 is 19.1 Å². The minimum Gasteiger partial charge on any atom is -0.469 e. The summed E-state index contributed by atoms with van der Waals surface area (Å²) in [7, 11) is 3.44. The van der Waals surface area contributed by atoms with E-state index < -0.39 is 0 Å². The monoisotopic (exact) mass is 305 g/mol. The Bertz CT molecular complexity index is 525. The molecule has 22 heavy (non-hydrogen) atoms. The Hall–Kier alpha value is -1.62. The molecule has 0 saturated carbocycles. The zero-order valence-electron chi connectivity index (χ0n) is 13.2. The molecule has 1 aliphatic carbocycles. The highest BCUT2D eigenvalue weighted by molar-refractivity contribution is 5.92. The highest BCUT2D eigenvalue weighted by Crippen LogP contribution is 2.40. The second-order valence-electron chi connectivity index (χ2n) is 6.33. The molecule has 5 nitrogen and oxygen atoms in total. The maximum atomic E-state index is 12.3. The molecule has 0 N–H and O–H groups in total. The van der Waals surface area contributed by atoms with Crippen molar-refractivity contribution in [2.45, 2.75) is 50.3 Å². The van der Waals surface area contributed by atoms with Crippen molar-refractivity contribution in [1.82, 2.24) is 4.90 Å². The van der Waals surface area contributed by atoms with Crippen molar-refractivity contribution in [2.24, 2.45) is 5.92 Å². The lowest BCUT2D eigenvalue weighted by Gasteiger charge is -2.40. The minimum absolute atomic E-state index is 0.111. The number of methoxy groups -OCH3 is 1. The Kier molecular flexibility index (Phi) is 4.34. The fourth-order valence-corrected chi connectivity index (χ4v) is 3.96. The Morgan fingerprint density at radius 3 is 2.77 bits per heavy atom. The van der Waals surface area contributed by atoms with Crippen molar-refractivity contribution in [1.29, 1.82) is 0 Å². The Morgan fingerprint density at radius 1 is 1.27 bits per heavy atom. The van der Waals surface area contributed by atoms with Gasteiger partial charge in [0.25, 0.3) is 0 Å². The van der Waals surface area contributed by atoms with E-state index in [-0.39, 0.29) is 30.0 Å². The van der Waals surface area contributed by atoms with E-state index in [2.05, 4.69) is 4.90 Å². The summed E-state index contributed by atoms with van der Waals surface area (Å²) in [6.45, 7) is 0. The van der Waals surface area contributed by atoms with Gasteiger partial charge in [-0.15, -0.1) is 0 Å². The molecule has 2 bridgehead atoms. The molecule has 2 saturated heterocycles. The normalized spacial score (nSPS) is 34.2. The molecule has 0 spiro atoms. The number of nitrogens with zero attached hydrogens (tertiary/aromatic N) is 1. The van der Waals surface area contributed by atoms with Crippen LogP contribution in [0, 0.1) is 5.92 Å². The van der Waals surface area contributed by atoms with Crippen LogP contribution in [0.4, 0.5) is 0 Å². The first-order valence-electron chi connectivity index (χ1n) is 7.99. The summed E-state index contributed by atoms with van der Waals surface area (Å²) in [5.74, 6) is -0.979. The number of carbonyl (C=O) groups is 2. The van der Waals surface area contributed by atoms with Gasteiger partial charge in [-0.3, -0.25) is 9.69 Å². The highest BCUT2D eigenvalue weighted by Gasteiger charge is 2.51. The molecule has 0 amide bonds. The maximum absolute atomic E-state index is 12.3. The Labute approximate surface area is 130 Å². The average Bonchev–Trinajstić information content (AvgIpc) is 2.78. The lowest BCUT2D eigenvalue weighted by molar-refractivity contribution is -0.165. The number of allylic oxidation sites excluding steroid dienone is 2. The predicted molar refractivity (Wildman–Crippen MR) is 81.0 cm³/mol. The van der Waals surface area contributed by atoms with Gasteiger partial charge in [0.05, 0.1) is 12.7 Å². The largest absolute Gasteiger partial charge is 0.469 e.